The van der Waals surface area contributed by atoms with Crippen LogP contribution in [-0.4, -0.2) is 34.6 Å². The number of allylic oxidation sites excluding steroid dienone is 3. The second-order valence-electron chi connectivity index (χ2n) is 8.19. The Morgan fingerprint density at radius 1 is 1.15 bits per heavy atom. The third-order valence-electron chi connectivity index (χ3n) is 4.94. The van der Waals surface area contributed by atoms with E-state index < -0.39 is 14.3 Å². The minimum Gasteiger partial charge on any atom is -0.490 e. The van der Waals surface area contributed by atoms with Crippen LogP contribution in [0.1, 0.15) is 48.0 Å². The highest BCUT2D eigenvalue weighted by atomic mass is 28.4. The first-order valence-corrected chi connectivity index (χ1v) is 12.1. The first-order valence-electron chi connectivity index (χ1n) is 9.21. The first-order chi connectivity index (χ1) is 11.9. The number of hydrogen-bond donors (Lipinski definition) is 0. The average molecular weight is 383 g/mol. The molecular weight excluding hydrogens is 344 g/mol. The summed E-state index contributed by atoms with van der Waals surface area (Å²) >= 11 is 0. The topological polar surface area (TPSA) is 44.8 Å². The molecule has 0 aromatic rings. The van der Waals surface area contributed by atoms with Crippen LogP contribution in [0.5, 0.6) is 0 Å². The molecule has 0 radical (unpaired) electrons. The Hall–Kier alpha value is -1.33. The summed E-state index contributed by atoms with van der Waals surface area (Å²) in [5.74, 6) is -0.0446. The minimum atomic E-state index is -1.95. The van der Waals surface area contributed by atoms with Gasteiger partial charge in [0, 0.05) is 0 Å². The first kappa shape index (κ1) is 24.7. The van der Waals surface area contributed by atoms with Crippen molar-refractivity contribution in [1.29, 1.82) is 0 Å². The lowest BCUT2D eigenvalue weighted by Gasteiger charge is -2.40. The normalized spacial score (nSPS) is 16.5. The van der Waals surface area contributed by atoms with Gasteiger partial charge in [0.1, 0.15) is 0 Å². The van der Waals surface area contributed by atoms with Gasteiger partial charge in [-0.05, 0) is 50.4 Å². The Kier molecular flexibility index (Phi) is 10.2. The van der Waals surface area contributed by atoms with E-state index in [-0.39, 0.29) is 22.8 Å². The summed E-state index contributed by atoms with van der Waals surface area (Å²) in [5.41, 5.74) is 1.20. The predicted octanol–water partition coefficient (Wildman–Crippen LogP) is 5.63. The standard InChI is InChI=1S/C21H38O4Si/c1-11-12-16(2)15-17(3)18(25-26(9,10)21(4,5)6)13-14-19(23-7)20(22)24-8/h11-12,14-15,17-18H,13H2,1-10H3/t17-,18-/m0/s1. The van der Waals surface area contributed by atoms with Crippen molar-refractivity contribution in [3.8, 4) is 0 Å². The summed E-state index contributed by atoms with van der Waals surface area (Å²) < 4.78 is 16.6. The molecule has 0 aliphatic heterocycles. The van der Waals surface area contributed by atoms with Crippen LogP contribution in [0.15, 0.2) is 35.6 Å². The summed E-state index contributed by atoms with van der Waals surface area (Å²) in [6, 6.07) is 0. The maximum Gasteiger partial charge on any atom is 0.372 e. The van der Waals surface area contributed by atoms with E-state index >= 15 is 0 Å². The van der Waals surface area contributed by atoms with E-state index in [0.29, 0.717) is 6.42 Å². The minimum absolute atomic E-state index is 0.0362. The van der Waals surface area contributed by atoms with Gasteiger partial charge in [-0.3, -0.25) is 0 Å². The van der Waals surface area contributed by atoms with Crippen molar-refractivity contribution in [2.24, 2.45) is 5.92 Å². The highest BCUT2D eigenvalue weighted by molar-refractivity contribution is 6.74. The van der Waals surface area contributed by atoms with Crippen LogP contribution in [-0.2, 0) is 18.7 Å². The lowest BCUT2D eigenvalue weighted by Crippen LogP contribution is -2.45. The molecule has 5 heteroatoms. The van der Waals surface area contributed by atoms with Crippen LogP contribution in [0.4, 0.5) is 0 Å². The lowest BCUT2D eigenvalue weighted by molar-refractivity contribution is -0.139. The average Bonchev–Trinajstić information content (AvgIpc) is 2.52. The van der Waals surface area contributed by atoms with Gasteiger partial charge in [-0.1, -0.05) is 51.5 Å². The van der Waals surface area contributed by atoms with E-state index in [9.17, 15) is 4.79 Å². The molecule has 0 aliphatic carbocycles. The summed E-state index contributed by atoms with van der Waals surface area (Å²) in [4.78, 5) is 11.8. The second kappa shape index (κ2) is 10.7. The van der Waals surface area contributed by atoms with E-state index in [1.54, 1.807) is 6.08 Å². The third-order valence-corrected chi connectivity index (χ3v) is 9.44. The largest absolute Gasteiger partial charge is 0.490 e. The van der Waals surface area contributed by atoms with Gasteiger partial charge in [-0.2, -0.15) is 0 Å². The zero-order valence-corrected chi connectivity index (χ0v) is 19.3. The summed E-state index contributed by atoms with van der Waals surface area (Å²) in [6.45, 7) is 17.4. The molecule has 0 saturated carbocycles. The van der Waals surface area contributed by atoms with Gasteiger partial charge in [0.15, 0.2) is 14.1 Å². The molecule has 0 aromatic carbocycles. The van der Waals surface area contributed by atoms with E-state index in [1.165, 1.54) is 19.8 Å². The molecule has 0 fully saturated rings. The fourth-order valence-corrected chi connectivity index (χ4v) is 3.76. The predicted molar refractivity (Wildman–Crippen MR) is 112 cm³/mol. The molecule has 0 aliphatic rings. The molecule has 4 nitrogen and oxygen atoms in total. The molecule has 0 heterocycles. The molecular formula is C21H38O4Si. The molecule has 0 rings (SSSR count). The maximum atomic E-state index is 11.8. The molecule has 0 spiro atoms. The van der Waals surface area contributed by atoms with Gasteiger partial charge in [0.05, 0.1) is 20.3 Å². The van der Waals surface area contributed by atoms with Crippen molar-refractivity contribution < 1.29 is 18.7 Å². The Morgan fingerprint density at radius 3 is 2.15 bits per heavy atom. The molecule has 0 bridgehead atoms. The van der Waals surface area contributed by atoms with Crippen LogP contribution in [0.25, 0.3) is 0 Å². The Labute approximate surface area is 161 Å². The number of methoxy groups -OCH3 is 2. The Balaban J connectivity index is 5.64. The van der Waals surface area contributed by atoms with Crippen molar-refractivity contribution >= 4 is 14.3 Å². The van der Waals surface area contributed by atoms with Crippen molar-refractivity contribution in [3.63, 3.8) is 0 Å². The van der Waals surface area contributed by atoms with Gasteiger partial charge in [0.2, 0.25) is 0 Å². The number of carbonyl (C=O) groups is 1. The van der Waals surface area contributed by atoms with Gasteiger partial charge < -0.3 is 13.9 Å². The zero-order chi connectivity index (χ0) is 20.5. The van der Waals surface area contributed by atoms with E-state index in [0.717, 1.165) is 0 Å². The van der Waals surface area contributed by atoms with Gasteiger partial charge >= 0.3 is 5.97 Å². The van der Waals surface area contributed by atoms with E-state index in [1.807, 2.05) is 13.0 Å². The van der Waals surface area contributed by atoms with Gasteiger partial charge in [-0.15, -0.1) is 0 Å². The summed E-state index contributed by atoms with van der Waals surface area (Å²) in [6.07, 6.45) is 8.67. The SMILES string of the molecule is CC=CC(C)=C[C@H](C)[C@H](CC=C(OC)C(=O)OC)O[Si](C)(C)C(C)(C)C. The van der Waals surface area contributed by atoms with Gasteiger partial charge in [-0.25, -0.2) is 4.79 Å². The molecule has 2 atom stereocenters. The Morgan fingerprint density at radius 2 is 1.73 bits per heavy atom. The zero-order valence-electron chi connectivity index (χ0n) is 18.3. The number of ether oxygens (including phenoxy) is 2. The van der Waals surface area contributed by atoms with Crippen molar-refractivity contribution in [2.75, 3.05) is 14.2 Å². The van der Waals surface area contributed by atoms with Crippen LogP contribution in [0, 0.1) is 5.92 Å². The molecule has 0 amide bonds. The van der Waals surface area contributed by atoms with Crippen molar-refractivity contribution in [2.45, 2.75) is 72.2 Å². The summed E-state index contributed by atoms with van der Waals surface area (Å²) in [5, 5.41) is 0.114. The van der Waals surface area contributed by atoms with Gasteiger partial charge in [0.25, 0.3) is 0 Å². The van der Waals surface area contributed by atoms with E-state index in [4.69, 9.17) is 13.9 Å². The lowest BCUT2D eigenvalue weighted by atomic mass is 9.98. The molecule has 0 N–H and O–H groups in total. The molecule has 150 valence electrons. The smallest absolute Gasteiger partial charge is 0.372 e. The monoisotopic (exact) mass is 382 g/mol. The van der Waals surface area contributed by atoms with E-state index in [2.05, 4.69) is 59.9 Å². The van der Waals surface area contributed by atoms with Crippen LogP contribution in [0.3, 0.4) is 0 Å². The molecule has 0 unspecified atom stereocenters. The third kappa shape index (κ3) is 7.91. The van der Waals surface area contributed by atoms with Crippen LogP contribution in [0.2, 0.25) is 18.1 Å². The van der Waals surface area contributed by atoms with Crippen molar-refractivity contribution in [3.05, 3.63) is 35.6 Å². The molecule has 0 saturated heterocycles. The highest BCUT2D eigenvalue weighted by Gasteiger charge is 2.39. The Bertz CT molecular complexity index is 539. The van der Waals surface area contributed by atoms with Crippen molar-refractivity contribution in [1.82, 2.24) is 0 Å². The quantitative estimate of drug-likeness (QED) is 0.170. The van der Waals surface area contributed by atoms with Crippen LogP contribution < -0.4 is 0 Å². The highest BCUT2D eigenvalue weighted by Crippen LogP contribution is 2.38. The second-order valence-corrected chi connectivity index (χ2v) is 12.9. The number of hydrogen-bond acceptors (Lipinski definition) is 4. The fourth-order valence-electron chi connectivity index (χ4n) is 2.34. The fraction of sp³-hybridized carbons (Fsp3) is 0.667. The maximum absolute atomic E-state index is 11.8. The van der Waals surface area contributed by atoms with Crippen LogP contribution >= 0.6 is 0 Å². The number of carbonyl (C=O) groups excluding carboxylic acids is 1. The molecule has 0 aromatic heterocycles. The summed E-state index contributed by atoms with van der Waals surface area (Å²) in [7, 11) is 0.878. The number of esters is 1. The molecule has 26 heavy (non-hydrogen) atoms. The number of rotatable bonds is 9.